The van der Waals surface area contributed by atoms with Crippen molar-refractivity contribution in [1.82, 2.24) is 15.2 Å². The maximum atomic E-state index is 13.0. The van der Waals surface area contributed by atoms with Gasteiger partial charge in [-0.2, -0.15) is 0 Å². The molecule has 3 aromatic carbocycles. The zero-order valence-electron chi connectivity index (χ0n) is 19.4. The number of carbonyl (C=O) groups is 3. The third kappa shape index (κ3) is 3.88. The van der Waals surface area contributed by atoms with Gasteiger partial charge in [-0.3, -0.25) is 24.7 Å². The molecular formula is C29H23N3O4. The normalized spacial score (nSPS) is 17.3. The van der Waals surface area contributed by atoms with Crippen LogP contribution < -0.4 is 10.1 Å². The van der Waals surface area contributed by atoms with Crippen molar-refractivity contribution in [3.63, 3.8) is 0 Å². The number of imide groups is 1. The van der Waals surface area contributed by atoms with E-state index in [1.807, 2.05) is 66.7 Å². The highest BCUT2D eigenvalue weighted by molar-refractivity contribution is 6.06. The third-order valence-corrected chi connectivity index (χ3v) is 6.79. The molecule has 4 aromatic rings. The Hall–Kier alpha value is -4.52. The van der Waals surface area contributed by atoms with Crippen molar-refractivity contribution in [1.29, 1.82) is 0 Å². The number of fused-ring (bicyclic) bond motifs is 2. The van der Waals surface area contributed by atoms with E-state index in [9.17, 15) is 14.4 Å². The lowest BCUT2D eigenvalue weighted by molar-refractivity contribution is -0.136. The summed E-state index contributed by atoms with van der Waals surface area (Å²) in [6.45, 7) is 0.771. The third-order valence-electron chi connectivity index (χ3n) is 6.79. The number of benzene rings is 3. The summed E-state index contributed by atoms with van der Waals surface area (Å²) >= 11 is 0. The molecular weight excluding hydrogens is 454 g/mol. The molecule has 1 aromatic heterocycles. The van der Waals surface area contributed by atoms with Crippen molar-refractivity contribution in [3.05, 3.63) is 95.7 Å². The van der Waals surface area contributed by atoms with Gasteiger partial charge in [0.15, 0.2) is 0 Å². The fourth-order valence-corrected chi connectivity index (χ4v) is 4.97. The van der Waals surface area contributed by atoms with Crippen LogP contribution >= 0.6 is 0 Å². The van der Waals surface area contributed by atoms with Crippen LogP contribution in [0.5, 0.6) is 5.75 Å². The number of nitrogens with one attached hydrogen (secondary N) is 1. The molecule has 0 radical (unpaired) electrons. The number of rotatable bonds is 5. The highest BCUT2D eigenvalue weighted by Gasteiger charge is 2.39. The monoisotopic (exact) mass is 477 g/mol. The average Bonchev–Trinajstić information content (AvgIpc) is 3.23. The molecule has 7 heteroatoms. The van der Waals surface area contributed by atoms with Gasteiger partial charge in [-0.05, 0) is 29.7 Å². The van der Waals surface area contributed by atoms with Crippen LogP contribution in [0.1, 0.15) is 34.3 Å². The van der Waals surface area contributed by atoms with Crippen molar-refractivity contribution in [2.45, 2.75) is 32.0 Å². The molecule has 36 heavy (non-hydrogen) atoms. The van der Waals surface area contributed by atoms with E-state index in [0.29, 0.717) is 30.9 Å². The lowest BCUT2D eigenvalue weighted by Gasteiger charge is -2.29. The topological polar surface area (TPSA) is 88.6 Å². The standard InChI is InChI=1S/C29H23N3O4/c33-26-13-12-24(28(34)31-26)32-16-20-14-19(10-11-21(20)29(32)35)27-23-9-5-4-8-22(23)25(15-30-27)36-17-18-6-2-1-3-7-18/h1-11,14-15,24H,12-13,16-17H2,(H,31,33,34). The number of hydrogen-bond acceptors (Lipinski definition) is 5. The minimum Gasteiger partial charge on any atom is -0.487 e. The number of aromatic nitrogens is 1. The van der Waals surface area contributed by atoms with Gasteiger partial charge in [0.1, 0.15) is 18.4 Å². The van der Waals surface area contributed by atoms with Gasteiger partial charge in [0.05, 0.1) is 11.9 Å². The highest BCUT2D eigenvalue weighted by Crippen LogP contribution is 2.35. The van der Waals surface area contributed by atoms with Gasteiger partial charge in [0.2, 0.25) is 11.8 Å². The van der Waals surface area contributed by atoms with Gasteiger partial charge in [-0.15, -0.1) is 0 Å². The second-order valence-electron chi connectivity index (χ2n) is 9.06. The molecule has 2 aliphatic heterocycles. The summed E-state index contributed by atoms with van der Waals surface area (Å²) in [4.78, 5) is 43.2. The van der Waals surface area contributed by atoms with Crippen LogP contribution in [-0.4, -0.2) is 33.6 Å². The van der Waals surface area contributed by atoms with Crippen LogP contribution in [0.2, 0.25) is 0 Å². The summed E-state index contributed by atoms with van der Waals surface area (Å²) in [6, 6.07) is 23.0. The molecule has 7 nitrogen and oxygen atoms in total. The minimum absolute atomic E-state index is 0.187. The maximum absolute atomic E-state index is 13.0. The van der Waals surface area contributed by atoms with E-state index in [2.05, 4.69) is 5.32 Å². The first-order chi connectivity index (χ1) is 17.6. The average molecular weight is 478 g/mol. The molecule has 3 heterocycles. The van der Waals surface area contributed by atoms with Crippen molar-refractivity contribution >= 4 is 28.5 Å². The van der Waals surface area contributed by atoms with E-state index in [4.69, 9.17) is 9.72 Å². The first kappa shape index (κ1) is 22.0. The fraction of sp³-hybridized carbons (Fsp3) is 0.172. The zero-order valence-corrected chi connectivity index (χ0v) is 19.4. The van der Waals surface area contributed by atoms with E-state index in [1.54, 1.807) is 17.2 Å². The smallest absolute Gasteiger partial charge is 0.255 e. The summed E-state index contributed by atoms with van der Waals surface area (Å²) < 4.78 is 6.11. The van der Waals surface area contributed by atoms with Crippen LogP contribution in [0, 0.1) is 0 Å². The molecule has 0 saturated carbocycles. The van der Waals surface area contributed by atoms with Gasteiger partial charge in [0, 0.05) is 34.9 Å². The van der Waals surface area contributed by atoms with Crippen LogP contribution in [0.25, 0.3) is 22.0 Å². The Morgan fingerprint density at radius 3 is 2.53 bits per heavy atom. The molecule has 1 fully saturated rings. The number of amides is 3. The van der Waals surface area contributed by atoms with E-state index >= 15 is 0 Å². The Morgan fingerprint density at radius 2 is 1.72 bits per heavy atom. The van der Waals surface area contributed by atoms with Gasteiger partial charge < -0.3 is 9.64 Å². The lowest BCUT2D eigenvalue weighted by atomic mass is 10.00. The van der Waals surface area contributed by atoms with E-state index in [1.165, 1.54) is 0 Å². The molecule has 1 atom stereocenters. The second kappa shape index (κ2) is 8.92. The number of nitrogens with zero attached hydrogens (tertiary/aromatic N) is 2. The molecule has 0 spiro atoms. The van der Waals surface area contributed by atoms with E-state index in [0.717, 1.165) is 33.2 Å². The molecule has 0 bridgehead atoms. The van der Waals surface area contributed by atoms with Crippen molar-refractivity contribution < 1.29 is 19.1 Å². The molecule has 3 amide bonds. The number of pyridine rings is 1. The maximum Gasteiger partial charge on any atom is 0.255 e. The fourth-order valence-electron chi connectivity index (χ4n) is 4.97. The summed E-state index contributed by atoms with van der Waals surface area (Å²) in [7, 11) is 0. The number of ether oxygens (including phenoxy) is 1. The molecule has 0 aliphatic carbocycles. The largest absolute Gasteiger partial charge is 0.487 e. The Labute approximate surface area is 207 Å². The van der Waals surface area contributed by atoms with Crippen LogP contribution in [0.15, 0.2) is 79.0 Å². The predicted molar refractivity (Wildman–Crippen MR) is 134 cm³/mol. The summed E-state index contributed by atoms with van der Waals surface area (Å²) in [5.41, 5.74) is 4.19. The summed E-state index contributed by atoms with van der Waals surface area (Å²) in [5, 5.41) is 4.25. The molecule has 1 saturated heterocycles. The summed E-state index contributed by atoms with van der Waals surface area (Å²) in [6.07, 6.45) is 2.32. The van der Waals surface area contributed by atoms with Gasteiger partial charge in [-0.1, -0.05) is 60.7 Å². The minimum atomic E-state index is -0.633. The second-order valence-corrected chi connectivity index (χ2v) is 9.06. The molecule has 178 valence electrons. The highest BCUT2D eigenvalue weighted by atomic mass is 16.5. The predicted octanol–water partition coefficient (Wildman–Crippen LogP) is 4.24. The SMILES string of the molecule is O=C1CCC(N2Cc3cc(-c4ncc(OCc5ccccc5)c5ccccc45)ccc3C2=O)C(=O)N1. The van der Waals surface area contributed by atoms with Gasteiger partial charge in [0.25, 0.3) is 5.91 Å². The van der Waals surface area contributed by atoms with E-state index in [-0.39, 0.29) is 18.2 Å². The summed E-state index contributed by atoms with van der Waals surface area (Å²) in [5.74, 6) is -0.185. The van der Waals surface area contributed by atoms with Crippen molar-refractivity contribution in [2.75, 3.05) is 0 Å². The first-order valence-corrected chi connectivity index (χ1v) is 11.9. The Balaban J connectivity index is 1.30. The van der Waals surface area contributed by atoms with Gasteiger partial charge >= 0.3 is 0 Å². The number of piperidine rings is 1. The molecule has 2 aliphatic rings. The van der Waals surface area contributed by atoms with Crippen molar-refractivity contribution in [2.24, 2.45) is 0 Å². The Morgan fingerprint density at radius 1 is 0.944 bits per heavy atom. The van der Waals surface area contributed by atoms with Crippen molar-refractivity contribution in [3.8, 4) is 17.0 Å². The molecule has 6 rings (SSSR count). The van der Waals surface area contributed by atoms with E-state index < -0.39 is 11.9 Å². The molecule has 1 unspecified atom stereocenters. The van der Waals surface area contributed by atoms with Gasteiger partial charge in [-0.25, -0.2) is 0 Å². The number of hydrogen-bond donors (Lipinski definition) is 1. The lowest BCUT2D eigenvalue weighted by Crippen LogP contribution is -2.52. The molecule has 1 N–H and O–H groups in total. The zero-order chi connectivity index (χ0) is 24.6. The quantitative estimate of drug-likeness (QED) is 0.435. The van der Waals surface area contributed by atoms with Crippen LogP contribution in [0.3, 0.4) is 0 Å². The first-order valence-electron chi connectivity index (χ1n) is 11.9. The van der Waals surface area contributed by atoms with Crippen LogP contribution in [-0.2, 0) is 22.7 Å². The Kier molecular flexibility index (Phi) is 5.45. The Bertz CT molecular complexity index is 1520. The number of carbonyl (C=O) groups excluding carboxylic acids is 3. The van der Waals surface area contributed by atoms with Crippen LogP contribution in [0.4, 0.5) is 0 Å².